The van der Waals surface area contributed by atoms with Crippen LogP contribution in [0.1, 0.15) is 51.1 Å². The van der Waals surface area contributed by atoms with Crippen LogP contribution in [-0.4, -0.2) is 32.1 Å². The molecule has 0 saturated heterocycles. The number of ether oxygens (including phenoxy) is 2. The van der Waals surface area contributed by atoms with Gasteiger partial charge in [0.25, 0.3) is 0 Å². The molecule has 1 aliphatic rings. The van der Waals surface area contributed by atoms with Crippen molar-refractivity contribution in [3.8, 4) is 11.5 Å². The number of hydrogen-bond acceptors (Lipinski definition) is 4. The molecular weight excluding hydrogens is 344 g/mol. The lowest BCUT2D eigenvalue weighted by Crippen LogP contribution is -2.39. The van der Waals surface area contributed by atoms with Crippen molar-refractivity contribution in [3.05, 3.63) is 35.9 Å². The molecule has 148 valence electrons. The van der Waals surface area contributed by atoms with Crippen molar-refractivity contribution in [3.63, 3.8) is 0 Å². The van der Waals surface area contributed by atoms with Crippen molar-refractivity contribution in [2.75, 3.05) is 14.2 Å². The van der Waals surface area contributed by atoms with Gasteiger partial charge in [0.15, 0.2) is 0 Å². The summed E-state index contributed by atoms with van der Waals surface area (Å²) in [6.45, 7) is 3.82. The fraction of sp³-hybridized carbons (Fsp3) is 0.524. The van der Waals surface area contributed by atoms with Gasteiger partial charge < -0.3 is 20.1 Å². The molecule has 0 spiro atoms. The minimum Gasteiger partial charge on any atom is -0.497 e. The fourth-order valence-electron chi connectivity index (χ4n) is 3.16. The van der Waals surface area contributed by atoms with Crippen molar-refractivity contribution in [1.82, 2.24) is 10.6 Å². The van der Waals surface area contributed by atoms with Gasteiger partial charge in [-0.2, -0.15) is 0 Å². The first-order valence-corrected chi connectivity index (χ1v) is 9.45. The van der Waals surface area contributed by atoms with E-state index in [1.54, 1.807) is 21.1 Å². The van der Waals surface area contributed by atoms with E-state index in [9.17, 15) is 9.59 Å². The molecule has 0 aromatic heterocycles. The van der Waals surface area contributed by atoms with Crippen molar-refractivity contribution >= 4 is 11.8 Å². The van der Waals surface area contributed by atoms with E-state index in [1.807, 2.05) is 25.1 Å². The van der Waals surface area contributed by atoms with Crippen LogP contribution in [0.25, 0.3) is 0 Å². The van der Waals surface area contributed by atoms with E-state index in [4.69, 9.17) is 9.47 Å². The molecule has 1 aromatic carbocycles. The maximum Gasteiger partial charge on any atom is 0.223 e. The molecule has 2 amide bonds. The molecule has 6 heteroatoms. The van der Waals surface area contributed by atoms with E-state index in [1.165, 1.54) is 0 Å². The maximum absolute atomic E-state index is 12.7. The van der Waals surface area contributed by atoms with Crippen molar-refractivity contribution in [2.45, 2.75) is 51.6 Å². The zero-order valence-corrected chi connectivity index (χ0v) is 16.6. The SMILES string of the molecule is CC[C@H]1C/C=C\C[C@@H](c2ccc(OC)cc2OC)NC(=O)[C@@H](C)CC(=O)N1. The second-order valence-electron chi connectivity index (χ2n) is 6.89. The van der Waals surface area contributed by atoms with Crippen LogP contribution in [0.3, 0.4) is 0 Å². The summed E-state index contributed by atoms with van der Waals surface area (Å²) in [5.74, 6) is 0.725. The lowest BCUT2D eigenvalue weighted by Gasteiger charge is -2.24. The first-order chi connectivity index (χ1) is 13.0. The van der Waals surface area contributed by atoms with Crippen LogP contribution in [-0.2, 0) is 9.59 Å². The molecular formula is C21H30N2O4. The summed E-state index contributed by atoms with van der Waals surface area (Å²) in [4.78, 5) is 24.9. The number of carbonyl (C=O) groups is 2. The Kier molecular flexibility index (Phi) is 7.70. The number of carbonyl (C=O) groups excluding carboxylic acids is 2. The van der Waals surface area contributed by atoms with Crippen LogP contribution >= 0.6 is 0 Å². The Morgan fingerprint density at radius 3 is 2.48 bits per heavy atom. The Morgan fingerprint density at radius 2 is 1.81 bits per heavy atom. The third kappa shape index (κ3) is 5.74. The van der Waals surface area contributed by atoms with E-state index in [0.717, 1.165) is 18.4 Å². The molecule has 2 N–H and O–H groups in total. The summed E-state index contributed by atoms with van der Waals surface area (Å²) >= 11 is 0. The first-order valence-electron chi connectivity index (χ1n) is 9.45. The number of amides is 2. The van der Waals surface area contributed by atoms with Crippen LogP contribution in [0.2, 0.25) is 0 Å². The monoisotopic (exact) mass is 374 g/mol. The minimum absolute atomic E-state index is 0.0861. The van der Waals surface area contributed by atoms with E-state index in [-0.39, 0.29) is 30.3 Å². The molecule has 0 bridgehead atoms. The third-order valence-electron chi connectivity index (χ3n) is 4.89. The van der Waals surface area contributed by atoms with Crippen LogP contribution in [0.4, 0.5) is 0 Å². The Bertz CT molecular complexity index is 687. The van der Waals surface area contributed by atoms with E-state index >= 15 is 0 Å². The molecule has 1 heterocycles. The van der Waals surface area contributed by atoms with Gasteiger partial charge >= 0.3 is 0 Å². The zero-order valence-electron chi connectivity index (χ0n) is 16.6. The maximum atomic E-state index is 12.7. The van der Waals surface area contributed by atoms with Gasteiger partial charge in [-0.25, -0.2) is 0 Å². The van der Waals surface area contributed by atoms with Gasteiger partial charge in [-0.15, -0.1) is 0 Å². The highest BCUT2D eigenvalue weighted by Gasteiger charge is 2.24. The van der Waals surface area contributed by atoms with E-state index in [2.05, 4.69) is 22.8 Å². The number of hydrogen-bond donors (Lipinski definition) is 2. The molecule has 0 unspecified atom stereocenters. The topological polar surface area (TPSA) is 76.7 Å². The average molecular weight is 374 g/mol. The van der Waals surface area contributed by atoms with Crippen molar-refractivity contribution in [2.24, 2.45) is 5.92 Å². The third-order valence-corrected chi connectivity index (χ3v) is 4.89. The molecule has 0 radical (unpaired) electrons. The summed E-state index contributed by atoms with van der Waals surface area (Å²) in [7, 11) is 3.20. The van der Waals surface area contributed by atoms with Gasteiger partial charge in [0, 0.05) is 30.0 Å². The second-order valence-corrected chi connectivity index (χ2v) is 6.89. The second kappa shape index (κ2) is 10.00. The summed E-state index contributed by atoms with van der Waals surface area (Å²) in [6, 6.07) is 5.44. The predicted molar refractivity (Wildman–Crippen MR) is 105 cm³/mol. The molecule has 3 atom stereocenters. The summed E-state index contributed by atoms with van der Waals surface area (Å²) in [5, 5.41) is 6.07. The lowest BCUT2D eigenvalue weighted by molar-refractivity contribution is -0.130. The van der Waals surface area contributed by atoms with Crippen LogP contribution in [0.5, 0.6) is 11.5 Å². The molecule has 0 saturated carbocycles. The Morgan fingerprint density at radius 1 is 1.07 bits per heavy atom. The van der Waals surface area contributed by atoms with Gasteiger partial charge in [0.05, 0.1) is 20.3 Å². The lowest BCUT2D eigenvalue weighted by atomic mass is 9.98. The highest BCUT2D eigenvalue weighted by atomic mass is 16.5. The summed E-state index contributed by atoms with van der Waals surface area (Å²) in [5.41, 5.74) is 0.886. The minimum atomic E-state index is -0.405. The summed E-state index contributed by atoms with van der Waals surface area (Å²) < 4.78 is 10.8. The largest absolute Gasteiger partial charge is 0.497 e. The van der Waals surface area contributed by atoms with Gasteiger partial charge in [-0.3, -0.25) is 9.59 Å². The molecule has 0 aliphatic carbocycles. The van der Waals surface area contributed by atoms with Crippen LogP contribution in [0, 0.1) is 5.92 Å². The van der Waals surface area contributed by atoms with Crippen molar-refractivity contribution < 1.29 is 19.1 Å². The quantitative estimate of drug-likeness (QED) is 0.794. The Labute approximate surface area is 161 Å². The Hall–Kier alpha value is -2.50. The molecule has 0 fully saturated rings. The normalized spacial score (nSPS) is 25.4. The number of rotatable bonds is 4. The van der Waals surface area contributed by atoms with Crippen molar-refractivity contribution in [1.29, 1.82) is 0 Å². The van der Waals surface area contributed by atoms with Gasteiger partial charge in [0.1, 0.15) is 11.5 Å². The molecule has 1 aliphatic heterocycles. The highest BCUT2D eigenvalue weighted by molar-refractivity contribution is 5.86. The average Bonchev–Trinajstić information content (AvgIpc) is 2.67. The van der Waals surface area contributed by atoms with Crippen LogP contribution < -0.4 is 20.1 Å². The number of methoxy groups -OCH3 is 2. The number of benzene rings is 1. The van der Waals surface area contributed by atoms with E-state index < -0.39 is 5.92 Å². The molecule has 27 heavy (non-hydrogen) atoms. The number of nitrogens with one attached hydrogen (secondary N) is 2. The van der Waals surface area contributed by atoms with Gasteiger partial charge in [0.2, 0.25) is 11.8 Å². The highest BCUT2D eigenvalue weighted by Crippen LogP contribution is 2.31. The molecule has 6 nitrogen and oxygen atoms in total. The van der Waals surface area contributed by atoms with Gasteiger partial charge in [-0.1, -0.05) is 26.0 Å². The standard InChI is InChI=1S/C21H30N2O4/c1-5-15-8-6-7-9-18(23-21(25)14(2)12-20(24)22-15)17-11-10-16(26-3)13-19(17)27-4/h6-7,10-11,13-15,18H,5,8-9,12H2,1-4H3,(H,22,24)(H,23,25)/b7-6-/t14-,15-,18-/m0/s1. The Balaban J connectivity index is 2.31. The summed E-state index contributed by atoms with van der Waals surface area (Å²) in [6.07, 6.45) is 6.57. The van der Waals surface area contributed by atoms with Gasteiger partial charge in [-0.05, 0) is 31.4 Å². The fourth-order valence-corrected chi connectivity index (χ4v) is 3.16. The smallest absolute Gasteiger partial charge is 0.223 e. The molecule has 2 rings (SSSR count). The predicted octanol–water partition coefficient (Wildman–Crippen LogP) is 3.13. The van der Waals surface area contributed by atoms with E-state index in [0.29, 0.717) is 17.9 Å². The zero-order chi connectivity index (χ0) is 19.8. The first kappa shape index (κ1) is 20.8. The molecule has 1 aromatic rings. The van der Waals surface area contributed by atoms with Crippen LogP contribution in [0.15, 0.2) is 30.4 Å².